The molecule has 0 aromatic rings. The molecule has 7 heteroatoms. The zero-order valence-corrected chi connectivity index (χ0v) is 13.8. The quantitative estimate of drug-likeness (QED) is 0.793. The molecule has 1 unspecified atom stereocenters. The highest BCUT2D eigenvalue weighted by Crippen LogP contribution is 2.22. The second-order valence-electron chi connectivity index (χ2n) is 6.67. The third-order valence-electron chi connectivity index (χ3n) is 5.22. The molecule has 0 aromatic heterocycles. The highest BCUT2D eigenvalue weighted by atomic mass is 32.2. The third kappa shape index (κ3) is 3.42. The zero-order chi connectivity index (χ0) is 14.9. The van der Waals surface area contributed by atoms with Gasteiger partial charge >= 0.3 is 0 Å². The van der Waals surface area contributed by atoms with Crippen LogP contribution in [0, 0.1) is 5.92 Å². The van der Waals surface area contributed by atoms with Gasteiger partial charge in [0.1, 0.15) is 0 Å². The lowest BCUT2D eigenvalue weighted by atomic mass is 10.0. The van der Waals surface area contributed by atoms with E-state index in [0.717, 1.165) is 39.0 Å². The second-order valence-corrected chi connectivity index (χ2v) is 8.60. The summed E-state index contributed by atoms with van der Waals surface area (Å²) < 4.78 is 28.8. The number of hydrogen-bond donors (Lipinski definition) is 1. The van der Waals surface area contributed by atoms with Crippen molar-refractivity contribution in [2.45, 2.75) is 32.2 Å². The van der Waals surface area contributed by atoms with Crippen LogP contribution in [0.3, 0.4) is 0 Å². The molecule has 0 spiro atoms. The Hall–Kier alpha value is -0.210. The van der Waals surface area contributed by atoms with Crippen LogP contribution >= 0.6 is 0 Å². The van der Waals surface area contributed by atoms with Gasteiger partial charge in [-0.25, -0.2) is 0 Å². The molecule has 0 bridgehead atoms. The summed E-state index contributed by atoms with van der Waals surface area (Å²) in [5.41, 5.74) is 0. The standard InChI is InChI=1S/C14H28N4O2S/c1-13-3-6-17(7-4-13)21(19,20)18-10-8-16(9-11-18)14-2-5-15-12-14/h13-15H,2-12H2,1H3. The monoisotopic (exact) mass is 316 g/mol. The summed E-state index contributed by atoms with van der Waals surface area (Å²) in [6.45, 7) is 8.76. The fourth-order valence-corrected chi connectivity index (χ4v) is 5.25. The van der Waals surface area contributed by atoms with Crippen molar-refractivity contribution in [1.29, 1.82) is 0 Å². The van der Waals surface area contributed by atoms with Gasteiger partial charge in [-0.3, -0.25) is 4.90 Å². The summed E-state index contributed by atoms with van der Waals surface area (Å²) in [4.78, 5) is 2.45. The summed E-state index contributed by atoms with van der Waals surface area (Å²) >= 11 is 0. The summed E-state index contributed by atoms with van der Waals surface area (Å²) in [7, 11) is -3.23. The largest absolute Gasteiger partial charge is 0.315 e. The van der Waals surface area contributed by atoms with Crippen LogP contribution in [-0.4, -0.2) is 80.3 Å². The van der Waals surface area contributed by atoms with E-state index in [-0.39, 0.29) is 0 Å². The van der Waals surface area contributed by atoms with Crippen LogP contribution in [0.25, 0.3) is 0 Å². The molecular weight excluding hydrogens is 288 g/mol. The molecule has 0 aliphatic carbocycles. The normalized spacial score (nSPS) is 31.8. The van der Waals surface area contributed by atoms with Crippen molar-refractivity contribution in [3.05, 3.63) is 0 Å². The molecule has 3 saturated heterocycles. The smallest absolute Gasteiger partial charge is 0.282 e. The van der Waals surface area contributed by atoms with Gasteiger partial charge in [0.25, 0.3) is 10.2 Å². The van der Waals surface area contributed by atoms with Gasteiger partial charge in [0.2, 0.25) is 0 Å². The fraction of sp³-hybridized carbons (Fsp3) is 1.00. The van der Waals surface area contributed by atoms with Crippen LogP contribution in [0.1, 0.15) is 26.2 Å². The molecular formula is C14H28N4O2S. The van der Waals surface area contributed by atoms with Crippen molar-refractivity contribution in [3.8, 4) is 0 Å². The number of rotatable bonds is 3. The molecule has 1 N–H and O–H groups in total. The van der Waals surface area contributed by atoms with Crippen LogP contribution < -0.4 is 5.32 Å². The predicted molar refractivity (Wildman–Crippen MR) is 83.3 cm³/mol. The maximum absolute atomic E-state index is 12.7. The Morgan fingerprint density at radius 1 is 0.905 bits per heavy atom. The molecule has 0 saturated carbocycles. The molecule has 3 fully saturated rings. The van der Waals surface area contributed by atoms with Crippen molar-refractivity contribution < 1.29 is 8.42 Å². The Morgan fingerprint density at radius 2 is 1.52 bits per heavy atom. The van der Waals surface area contributed by atoms with Gasteiger partial charge in [0, 0.05) is 51.9 Å². The highest BCUT2D eigenvalue weighted by molar-refractivity contribution is 7.86. The predicted octanol–water partition coefficient (Wildman–Crippen LogP) is -0.0574. The van der Waals surface area contributed by atoms with E-state index in [9.17, 15) is 8.42 Å². The van der Waals surface area contributed by atoms with Crippen LogP contribution in [0.4, 0.5) is 0 Å². The maximum atomic E-state index is 12.7. The minimum absolute atomic E-state index is 0.602. The fourth-order valence-electron chi connectivity index (χ4n) is 3.63. The van der Waals surface area contributed by atoms with Crippen molar-refractivity contribution in [2.75, 3.05) is 52.4 Å². The number of nitrogens with zero attached hydrogens (tertiary/aromatic N) is 3. The van der Waals surface area contributed by atoms with Crippen molar-refractivity contribution in [3.63, 3.8) is 0 Å². The lowest BCUT2D eigenvalue weighted by Gasteiger charge is -2.40. The molecule has 0 aromatic carbocycles. The van der Waals surface area contributed by atoms with Gasteiger partial charge in [-0.15, -0.1) is 0 Å². The van der Waals surface area contributed by atoms with Gasteiger partial charge in [0.15, 0.2) is 0 Å². The van der Waals surface area contributed by atoms with E-state index in [0.29, 0.717) is 38.1 Å². The third-order valence-corrected chi connectivity index (χ3v) is 7.25. The average molecular weight is 316 g/mol. The summed E-state index contributed by atoms with van der Waals surface area (Å²) in [5, 5.41) is 3.39. The first kappa shape index (κ1) is 15.7. The number of hydrogen-bond acceptors (Lipinski definition) is 4. The minimum Gasteiger partial charge on any atom is -0.315 e. The Labute approximate surface area is 128 Å². The van der Waals surface area contributed by atoms with Gasteiger partial charge in [-0.1, -0.05) is 6.92 Å². The molecule has 3 aliphatic heterocycles. The number of piperazine rings is 1. The first-order chi connectivity index (χ1) is 10.1. The van der Waals surface area contributed by atoms with E-state index in [1.807, 2.05) is 0 Å². The van der Waals surface area contributed by atoms with Crippen molar-refractivity contribution in [2.24, 2.45) is 5.92 Å². The van der Waals surface area contributed by atoms with Crippen LogP contribution in [-0.2, 0) is 10.2 Å². The van der Waals surface area contributed by atoms with Gasteiger partial charge in [0.05, 0.1) is 0 Å². The van der Waals surface area contributed by atoms with E-state index in [2.05, 4.69) is 17.1 Å². The Morgan fingerprint density at radius 3 is 2.10 bits per heavy atom. The lowest BCUT2D eigenvalue weighted by Crippen LogP contribution is -2.56. The SMILES string of the molecule is CC1CCN(S(=O)(=O)N2CCN(C3CCNC3)CC2)CC1. The Balaban J connectivity index is 1.55. The van der Waals surface area contributed by atoms with E-state index in [1.165, 1.54) is 6.42 Å². The van der Waals surface area contributed by atoms with E-state index in [4.69, 9.17) is 0 Å². The van der Waals surface area contributed by atoms with Crippen LogP contribution in [0.15, 0.2) is 0 Å². The van der Waals surface area contributed by atoms with E-state index >= 15 is 0 Å². The van der Waals surface area contributed by atoms with Crippen LogP contribution in [0.5, 0.6) is 0 Å². The Kier molecular flexibility index (Phi) is 4.85. The van der Waals surface area contributed by atoms with Crippen molar-refractivity contribution >= 4 is 10.2 Å². The van der Waals surface area contributed by atoms with Gasteiger partial charge < -0.3 is 5.32 Å². The number of nitrogens with one attached hydrogen (secondary N) is 1. The second kappa shape index (κ2) is 6.50. The highest BCUT2D eigenvalue weighted by Gasteiger charge is 2.35. The molecule has 3 heterocycles. The average Bonchev–Trinajstić information content (AvgIpc) is 3.02. The molecule has 0 radical (unpaired) electrons. The van der Waals surface area contributed by atoms with Gasteiger partial charge in [-0.05, 0) is 31.7 Å². The maximum Gasteiger partial charge on any atom is 0.282 e. The summed E-state index contributed by atoms with van der Waals surface area (Å²) in [5.74, 6) is 0.656. The topological polar surface area (TPSA) is 55.9 Å². The van der Waals surface area contributed by atoms with Gasteiger partial charge in [-0.2, -0.15) is 17.0 Å². The summed E-state index contributed by atoms with van der Waals surface area (Å²) in [6.07, 6.45) is 3.18. The van der Waals surface area contributed by atoms with Crippen LogP contribution in [0.2, 0.25) is 0 Å². The molecule has 6 nitrogen and oxygen atoms in total. The van der Waals surface area contributed by atoms with E-state index < -0.39 is 10.2 Å². The molecule has 3 aliphatic rings. The molecule has 21 heavy (non-hydrogen) atoms. The molecule has 3 rings (SSSR count). The number of piperidine rings is 1. The zero-order valence-electron chi connectivity index (χ0n) is 13.0. The molecule has 122 valence electrons. The van der Waals surface area contributed by atoms with E-state index in [1.54, 1.807) is 8.61 Å². The first-order valence-corrected chi connectivity index (χ1v) is 9.67. The Bertz CT molecular complexity index is 434. The summed E-state index contributed by atoms with van der Waals surface area (Å²) in [6, 6.07) is 0.602. The first-order valence-electron chi connectivity index (χ1n) is 8.27. The molecule has 1 atom stereocenters. The lowest BCUT2D eigenvalue weighted by molar-refractivity contribution is 0.139. The van der Waals surface area contributed by atoms with Crippen molar-refractivity contribution in [1.82, 2.24) is 18.8 Å². The molecule has 0 amide bonds. The minimum atomic E-state index is -3.23.